The number of nitrogens with one attached hydrogen (secondary N) is 1. The van der Waals surface area contributed by atoms with Gasteiger partial charge in [0.05, 0.1) is 5.69 Å². The summed E-state index contributed by atoms with van der Waals surface area (Å²) in [5, 5.41) is -0.889. The predicted octanol–water partition coefficient (Wildman–Crippen LogP) is 3.41. The van der Waals surface area contributed by atoms with Gasteiger partial charge in [0.25, 0.3) is 11.5 Å². The van der Waals surface area contributed by atoms with Crippen LogP contribution in [0, 0.1) is 5.41 Å². The molecule has 24 heavy (non-hydrogen) atoms. The average Bonchev–Trinajstić information content (AvgIpc) is 2.76. The first kappa shape index (κ1) is 19.2. The molecule has 0 bridgehead atoms. The van der Waals surface area contributed by atoms with Crippen LogP contribution in [-0.4, -0.2) is 44.3 Å². The molecule has 1 heterocycles. The van der Waals surface area contributed by atoms with Crippen molar-refractivity contribution in [3.05, 3.63) is 23.2 Å². The Bertz CT molecular complexity index is 727. The molecule has 0 fully saturated rings. The minimum Gasteiger partial charge on any atom is -0.451 e. The summed E-state index contributed by atoms with van der Waals surface area (Å²) in [6, 6.07) is 4.59. The lowest BCUT2D eigenvalue weighted by Crippen LogP contribution is -2.63. The van der Waals surface area contributed by atoms with E-state index in [-0.39, 0.29) is 5.75 Å². The molecule has 2 unspecified atom stereocenters. The van der Waals surface area contributed by atoms with E-state index < -0.39 is 32.1 Å². The number of hydrogen-bond donors (Lipinski definition) is 1. The molecular formula is C15H21ClF2N2O3S. The maximum Gasteiger partial charge on any atom is 0.289 e. The van der Waals surface area contributed by atoms with Gasteiger partial charge in [-0.05, 0) is 26.2 Å². The summed E-state index contributed by atoms with van der Waals surface area (Å²) in [5.74, 6) is 0.216. The van der Waals surface area contributed by atoms with Gasteiger partial charge in [-0.2, -0.15) is 0 Å². The van der Waals surface area contributed by atoms with Crippen LogP contribution in [0.2, 0.25) is 5.02 Å². The van der Waals surface area contributed by atoms with Crippen LogP contribution in [0.4, 0.5) is 14.5 Å². The highest BCUT2D eigenvalue weighted by Gasteiger charge is 2.63. The highest BCUT2D eigenvalue weighted by Crippen LogP contribution is 2.50. The fraction of sp³-hybridized carbons (Fsp3) is 0.600. The van der Waals surface area contributed by atoms with Gasteiger partial charge in [-0.25, -0.2) is 17.2 Å². The molecule has 0 aliphatic carbocycles. The molecule has 2 atom stereocenters. The molecule has 1 N–H and O–H groups in total. The molecule has 1 aliphatic rings. The molecule has 1 aliphatic heterocycles. The summed E-state index contributed by atoms with van der Waals surface area (Å²) in [5.41, 5.74) is -0.648. The van der Waals surface area contributed by atoms with E-state index in [9.17, 15) is 17.2 Å². The van der Waals surface area contributed by atoms with Crippen LogP contribution < -0.4 is 10.1 Å². The van der Waals surface area contributed by atoms with Crippen molar-refractivity contribution in [1.82, 2.24) is 4.90 Å². The number of nitrogens with zero attached hydrogens (tertiary/aromatic N) is 1. The number of benzene rings is 1. The summed E-state index contributed by atoms with van der Waals surface area (Å²) in [6.07, 6.45) is -3.10. The van der Waals surface area contributed by atoms with Crippen molar-refractivity contribution in [3.8, 4) is 5.75 Å². The Morgan fingerprint density at radius 2 is 1.88 bits per heavy atom. The van der Waals surface area contributed by atoms with Gasteiger partial charge in [-0.3, -0.25) is 4.90 Å². The SMILES string of the molecule is CN(C)C(C(F)F)S(=O)(=O)C1(C(C)(C)C)Nc2ccc(Cl)cc2O1. The van der Waals surface area contributed by atoms with Gasteiger partial charge in [0.2, 0.25) is 9.84 Å². The van der Waals surface area contributed by atoms with E-state index in [1.807, 2.05) is 0 Å². The van der Waals surface area contributed by atoms with Gasteiger partial charge >= 0.3 is 0 Å². The largest absolute Gasteiger partial charge is 0.451 e. The second kappa shape index (κ2) is 6.00. The molecule has 0 amide bonds. The van der Waals surface area contributed by atoms with E-state index in [4.69, 9.17) is 16.3 Å². The third-order valence-corrected chi connectivity index (χ3v) is 7.02. The first-order valence-corrected chi connectivity index (χ1v) is 9.21. The highest BCUT2D eigenvalue weighted by atomic mass is 35.5. The lowest BCUT2D eigenvalue weighted by atomic mass is 9.93. The van der Waals surface area contributed by atoms with E-state index >= 15 is 0 Å². The minimum atomic E-state index is -4.50. The maximum atomic E-state index is 13.5. The van der Waals surface area contributed by atoms with Crippen molar-refractivity contribution in [2.24, 2.45) is 5.41 Å². The molecule has 2 rings (SSSR count). The number of ether oxygens (including phenoxy) is 1. The van der Waals surface area contributed by atoms with E-state index in [1.165, 1.54) is 20.2 Å². The Balaban J connectivity index is 2.64. The zero-order valence-corrected chi connectivity index (χ0v) is 15.7. The zero-order chi connectivity index (χ0) is 18.5. The van der Waals surface area contributed by atoms with Crippen LogP contribution in [-0.2, 0) is 9.84 Å². The lowest BCUT2D eigenvalue weighted by Gasteiger charge is -2.42. The number of sulfone groups is 1. The quantitative estimate of drug-likeness (QED) is 0.864. The van der Waals surface area contributed by atoms with Crippen molar-refractivity contribution in [2.45, 2.75) is 37.6 Å². The monoisotopic (exact) mass is 382 g/mol. The molecule has 1 aromatic carbocycles. The fourth-order valence-corrected chi connectivity index (χ4v) is 5.39. The molecule has 0 saturated heterocycles. The molecule has 136 valence electrons. The fourth-order valence-electron chi connectivity index (χ4n) is 2.75. The number of rotatable bonds is 4. The lowest BCUT2D eigenvalue weighted by molar-refractivity contribution is 0.0577. The summed E-state index contributed by atoms with van der Waals surface area (Å²) >= 11 is 5.92. The van der Waals surface area contributed by atoms with Crippen LogP contribution >= 0.6 is 11.6 Å². The van der Waals surface area contributed by atoms with Crippen LogP contribution in [0.25, 0.3) is 0 Å². The summed E-state index contributed by atoms with van der Waals surface area (Å²) in [7, 11) is -1.91. The number of alkyl halides is 2. The van der Waals surface area contributed by atoms with Crippen molar-refractivity contribution >= 4 is 27.1 Å². The molecule has 9 heteroatoms. The molecular weight excluding hydrogens is 362 g/mol. The summed E-state index contributed by atoms with van der Waals surface area (Å²) < 4.78 is 59.2. The molecule has 0 saturated carbocycles. The van der Waals surface area contributed by atoms with Crippen molar-refractivity contribution in [1.29, 1.82) is 0 Å². The second-order valence-electron chi connectivity index (χ2n) is 6.97. The normalized spacial score (nSPS) is 22.2. The Morgan fingerprint density at radius 1 is 1.29 bits per heavy atom. The first-order chi connectivity index (χ1) is 10.8. The van der Waals surface area contributed by atoms with Gasteiger partial charge < -0.3 is 10.1 Å². The minimum absolute atomic E-state index is 0.216. The Hall–Kier alpha value is -1.12. The zero-order valence-electron chi connectivity index (χ0n) is 14.1. The predicted molar refractivity (Wildman–Crippen MR) is 90.3 cm³/mol. The van der Waals surface area contributed by atoms with Gasteiger partial charge in [0, 0.05) is 16.5 Å². The summed E-state index contributed by atoms with van der Waals surface area (Å²) in [6.45, 7) is 4.84. The Kier molecular flexibility index (Phi) is 4.80. The smallest absolute Gasteiger partial charge is 0.289 e. The number of fused-ring (bicyclic) bond motifs is 1. The number of anilines is 1. The van der Waals surface area contributed by atoms with E-state index in [1.54, 1.807) is 32.9 Å². The first-order valence-electron chi connectivity index (χ1n) is 7.28. The number of halogens is 3. The number of hydrogen-bond acceptors (Lipinski definition) is 5. The molecule has 5 nitrogen and oxygen atoms in total. The third-order valence-electron chi connectivity index (χ3n) is 3.93. The van der Waals surface area contributed by atoms with Crippen LogP contribution in [0.5, 0.6) is 5.75 Å². The van der Waals surface area contributed by atoms with E-state index in [0.717, 1.165) is 4.90 Å². The third kappa shape index (κ3) is 2.84. The van der Waals surface area contributed by atoms with Gasteiger partial charge in [-0.15, -0.1) is 0 Å². The van der Waals surface area contributed by atoms with E-state index in [0.29, 0.717) is 10.7 Å². The molecule has 0 aromatic heterocycles. The Morgan fingerprint density at radius 3 is 2.33 bits per heavy atom. The van der Waals surface area contributed by atoms with Crippen molar-refractivity contribution in [2.75, 3.05) is 19.4 Å². The second-order valence-corrected chi connectivity index (χ2v) is 9.55. The van der Waals surface area contributed by atoms with Crippen LogP contribution in [0.3, 0.4) is 0 Å². The van der Waals surface area contributed by atoms with Gasteiger partial charge in [0.1, 0.15) is 5.75 Å². The maximum absolute atomic E-state index is 13.5. The van der Waals surface area contributed by atoms with Crippen molar-refractivity contribution in [3.63, 3.8) is 0 Å². The molecule has 1 aromatic rings. The van der Waals surface area contributed by atoms with Crippen molar-refractivity contribution < 1.29 is 21.9 Å². The van der Waals surface area contributed by atoms with Crippen LogP contribution in [0.15, 0.2) is 18.2 Å². The van der Waals surface area contributed by atoms with Gasteiger partial charge in [-0.1, -0.05) is 32.4 Å². The van der Waals surface area contributed by atoms with E-state index in [2.05, 4.69) is 5.32 Å². The summed E-state index contributed by atoms with van der Waals surface area (Å²) in [4.78, 5) is 0.981. The molecule has 0 spiro atoms. The highest BCUT2D eigenvalue weighted by molar-refractivity contribution is 7.93. The Labute approximate surface area is 145 Å². The topological polar surface area (TPSA) is 58.6 Å². The molecule has 0 radical (unpaired) electrons. The van der Waals surface area contributed by atoms with Gasteiger partial charge in [0.15, 0.2) is 5.37 Å². The van der Waals surface area contributed by atoms with Crippen LogP contribution in [0.1, 0.15) is 20.8 Å². The average molecular weight is 383 g/mol. The standard InChI is InChI=1S/C15H21ClF2N2O3S/c1-14(2,3)15(24(21,22)13(12(17)18)20(4)5)19-10-7-6-9(16)8-11(10)23-15/h6-8,12-13,19H,1-5H3.